The summed E-state index contributed by atoms with van der Waals surface area (Å²) < 4.78 is 19.9. The molecule has 5 nitrogen and oxygen atoms in total. The smallest absolute Gasteiger partial charge is 0.193 e. The normalized spacial score (nSPS) is 11.3. The maximum absolute atomic E-state index is 5.73. The Hall–Kier alpha value is -2.51. The Labute approximate surface area is 205 Å². The lowest BCUT2D eigenvalue weighted by Crippen LogP contribution is -2.10. The molecule has 0 fully saturated rings. The van der Waals surface area contributed by atoms with Gasteiger partial charge in [0.05, 0.1) is 14.2 Å². The van der Waals surface area contributed by atoms with E-state index in [2.05, 4.69) is 61.5 Å². The number of benzene rings is 2. The lowest BCUT2D eigenvalue weighted by atomic mass is 9.87. The van der Waals surface area contributed by atoms with Crippen molar-refractivity contribution >= 4 is 29.5 Å². The predicted molar refractivity (Wildman–Crippen MR) is 138 cm³/mol. The lowest BCUT2D eigenvalue weighted by Gasteiger charge is -2.19. The van der Waals surface area contributed by atoms with E-state index in [0.717, 1.165) is 39.7 Å². The molecule has 1 N–H and O–H groups in total. The van der Waals surface area contributed by atoms with Crippen LogP contribution in [0.3, 0.4) is 0 Å². The largest absolute Gasteiger partial charge is 0.493 e. The highest BCUT2D eigenvalue weighted by atomic mass is 32.2. The molecular weight excluding hydrogens is 452 g/mol. The summed E-state index contributed by atoms with van der Waals surface area (Å²) in [5.41, 5.74) is 1.44. The molecule has 0 saturated carbocycles. The molecule has 0 unspecified atom stereocenters. The molecule has 0 spiro atoms. The summed E-state index contributed by atoms with van der Waals surface area (Å²) in [5.74, 6) is 2.97. The highest BCUT2D eigenvalue weighted by Gasteiger charge is 2.19. The summed E-state index contributed by atoms with van der Waals surface area (Å²) in [6, 6.07) is 14.5. The molecule has 0 amide bonds. The van der Waals surface area contributed by atoms with Crippen LogP contribution in [0.15, 0.2) is 74.3 Å². The summed E-state index contributed by atoms with van der Waals surface area (Å²) in [7, 11) is 3.27. The van der Waals surface area contributed by atoms with Crippen LogP contribution in [-0.4, -0.2) is 19.4 Å². The lowest BCUT2D eigenvalue weighted by molar-refractivity contribution is 0.354. The van der Waals surface area contributed by atoms with Crippen LogP contribution >= 0.6 is 23.7 Å². The van der Waals surface area contributed by atoms with Crippen LogP contribution < -0.4 is 14.2 Å². The van der Waals surface area contributed by atoms with Crippen molar-refractivity contribution in [2.45, 2.75) is 60.1 Å². The second kappa shape index (κ2) is 11.6. The quantitative estimate of drug-likeness (QED) is 0.169. The maximum Gasteiger partial charge on any atom is 0.193 e. The zero-order chi connectivity index (χ0) is 23.8. The molecule has 0 aliphatic rings. The number of rotatable bonds is 11. The van der Waals surface area contributed by atoms with Crippen molar-refractivity contribution in [3.8, 4) is 11.5 Å². The average molecular weight is 485 g/mol. The van der Waals surface area contributed by atoms with E-state index >= 15 is 0 Å². The fourth-order valence-corrected chi connectivity index (χ4v) is 4.85. The minimum absolute atomic E-state index is 0.131. The van der Waals surface area contributed by atoms with Crippen molar-refractivity contribution in [2.24, 2.45) is 0 Å². The molecule has 3 rings (SSSR count). The van der Waals surface area contributed by atoms with Gasteiger partial charge in [0, 0.05) is 16.2 Å². The highest BCUT2D eigenvalue weighted by Crippen LogP contribution is 2.41. The van der Waals surface area contributed by atoms with E-state index in [9.17, 15) is 0 Å². The molecule has 1 heterocycles. The summed E-state index contributed by atoms with van der Waals surface area (Å²) >= 11 is 3.13. The van der Waals surface area contributed by atoms with Crippen LogP contribution in [0.2, 0.25) is 0 Å². The van der Waals surface area contributed by atoms with Gasteiger partial charge in [-0.2, -0.15) is 0 Å². The average Bonchev–Trinajstić information content (AvgIpc) is 3.18. The second-order valence-corrected chi connectivity index (χ2v) is 10.5. The standard InChI is InChI=1S/C26H32N2O3S2/c1-7-8-9-10-22-24(32-20-15-16-21(29-5)23(17-20)30-6)25(27-31-22)28-33-19-13-11-18(12-14-19)26(2,3)4/h7,11-17H,1,8-10H2,2-6H3,(H,27,28). The van der Waals surface area contributed by atoms with Crippen LogP contribution in [0.25, 0.3) is 0 Å². The summed E-state index contributed by atoms with van der Waals surface area (Å²) in [6.45, 7) is 10.5. The number of aryl methyl sites for hydroxylation is 1. The first-order valence-electron chi connectivity index (χ1n) is 10.9. The number of anilines is 1. The Morgan fingerprint density at radius 2 is 1.73 bits per heavy atom. The Balaban J connectivity index is 1.80. The van der Waals surface area contributed by atoms with Crippen molar-refractivity contribution in [3.05, 3.63) is 66.4 Å². The molecule has 0 saturated heterocycles. The molecule has 33 heavy (non-hydrogen) atoms. The van der Waals surface area contributed by atoms with Gasteiger partial charge in [0.15, 0.2) is 23.1 Å². The number of nitrogens with zero attached hydrogens (tertiary/aromatic N) is 1. The molecule has 0 radical (unpaired) electrons. The monoisotopic (exact) mass is 484 g/mol. The first-order valence-corrected chi connectivity index (χ1v) is 12.5. The summed E-state index contributed by atoms with van der Waals surface area (Å²) in [5, 5.41) is 4.33. The number of aromatic nitrogens is 1. The van der Waals surface area contributed by atoms with Gasteiger partial charge >= 0.3 is 0 Å². The van der Waals surface area contributed by atoms with Crippen molar-refractivity contribution in [1.82, 2.24) is 5.16 Å². The van der Waals surface area contributed by atoms with E-state index in [4.69, 9.17) is 14.0 Å². The molecule has 0 aliphatic carbocycles. The Morgan fingerprint density at radius 3 is 2.36 bits per heavy atom. The number of unbranched alkanes of at least 4 members (excludes halogenated alkanes) is 1. The maximum atomic E-state index is 5.73. The van der Waals surface area contributed by atoms with Gasteiger partial charge in [0.1, 0.15) is 4.90 Å². The third-order valence-corrected chi connectivity index (χ3v) is 7.01. The zero-order valence-electron chi connectivity index (χ0n) is 19.9. The van der Waals surface area contributed by atoms with Gasteiger partial charge < -0.3 is 18.7 Å². The SMILES string of the molecule is C=CCCCc1onc(NSc2ccc(C(C)(C)C)cc2)c1Sc1ccc(OC)c(OC)c1. The molecule has 176 valence electrons. The van der Waals surface area contributed by atoms with Crippen molar-refractivity contribution in [2.75, 3.05) is 18.9 Å². The van der Waals surface area contributed by atoms with Gasteiger partial charge in [-0.05, 0) is 66.1 Å². The fourth-order valence-electron chi connectivity index (χ4n) is 3.18. The zero-order valence-corrected chi connectivity index (χ0v) is 21.6. The van der Waals surface area contributed by atoms with Crippen LogP contribution in [0.4, 0.5) is 5.82 Å². The van der Waals surface area contributed by atoms with Gasteiger partial charge in [0.25, 0.3) is 0 Å². The first-order chi connectivity index (χ1) is 15.9. The third-order valence-electron chi connectivity index (χ3n) is 5.09. The minimum atomic E-state index is 0.131. The fraction of sp³-hybridized carbons (Fsp3) is 0.346. The Kier molecular flexibility index (Phi) is 8.80. The van der Waals surface area contributed by atoms with Crippen molar-refractivity contribution in [1.29, 1.82) is 0 Å². The van der Waals surface area contributed by atoms with Crippen molar-refractivity contribution in [3.63, 3.8) is 0 Å². The molecular formula is C26H32N2O3S2. The number of allylic oxidation sites excluding steroid dienone is 1. The molecule has 0 bridgehead atoms. The molecule has 2 aromatic carbocycles. The molecule has 7 heteroatoms. The molecule has 0 aliphatic heterocycles. The predicted octanol–water partition coefficient (Wildman–Crippen LogP) is 7.77. The van der Waals surface area contributed by atoms with Gasteiger partial charge in [-0.25, -0.2) is 0 Å². The van der Waals surface area contributed by atoms with Crippen molar-refractivity contribution < 1.29 is 14.0 Å². The second-order valence-electron chi connectivity index (χ2n) is 8.56. The van der Waals surface area contributed by atoms with E-state index in [1.54, 1.807) is 26.0 Å². The van der Waals surface area contributed by atoms with Gasteiger partial charge in [0.2, 0.25) is 0 Å². The van der Waals surface area contributed by atoms with Crippen LogP contribution in [0.5, 0.6) is 11.5 Å². The number of methoxy groups -OCH3 is 2. The number of hydrogen-bond donors (Lipinski definition) is 1. The minimum Gasteiger partial charge on any atom is -0.493 e. The van der Waals surface area contributed by atoms with Crippen LogP contribution in [0.1, 0.15) is 44.9 Å². The first kappa shape index (κ1) is 25.1. The van der Waals surface area contributed by atoms with Crippen LogP contribution in [-0.2, 0) is 11.8 Å². The molecule has 0 atom stereocenters. The Bertz CT molecular complexity index is 1060. The number of ether oxygens (including phenoxy) is 2. The highest BCUT2D eigenvalue weighted by molar-refractivity contribution is 8.01. The summed E-state index contributed by atoms with van der Waals surface area (Å²) in [4.78, 5) is 3.11. The topological polar surface area (TPSA) is 56.5 Å². The van der Waals surface area contributed by atoms with E-state index in [1.807, 2.05) is 24.3 Å². The number of nitrogens with one attached hydrogen (secondary N) is 1. The summed E-state index contributed by atoms with van der Waals surface area (Å²) in [6.07, 6.45) is 4.60. The van der Waals surface area contributed by atoms with E-state index in [0.29, 0.717) is 17.3 Å². The van der Waals surface area contributed by atoms with E-state index in [1.165, 1.54) is 17.5 Å². The van der Waals surface area contributed by atoms with Gasteiger partial charge in [-0.1, -0.05) is 55.9 Å². The number of hydrogen-bond acceptors (Lipinski definition) is 7. The molecule has 1 aromatic heterocycles. The Morgan fingerprint density at radius 1 is 1.03 bits per heavy atom. The van der Waals surface area contributed by atoms with E-state index < -0.39 is 0 Å². The van der Waals surface area contributed by atoms with Gasteiger partial charge in [-0.15, -0.1) is 6.58 Å². The van der Waals surface area contributed by atoms with Crippen LogP contribution in [0, 0.1) is 0 Å². The third kappa shape index (κ3) is 6.74. The molecule has 3 aromatic rings. The van der Waals surface area contributed by atoms with E-state index in [-0.39, 0.29) is 5.41 Å². The van der Waals surface area contributed by atoms with Gasteiger partial charge in [-0.3, -0.25) is 0 Å².